The molecular formula is C17H17FO. The first-order chi connectivity index (χ1) is 8.88. The van der Waals surface area contributed by atoms with Crippen LogP contribution in [0.4, 0.5) is 4.39 Å². The average molecular weight is 256 g/mol. The quantitative estimate of drug-likeness (QED) is 0.710. The predicted molar refractivity (Wildman–Crippen MR) is 75.6 cm³/mol. The van der Waals surface area contributed by atoms with Crippen molar-refractivity contribution in [2.24, 2.45) is 5.41 Å². The van der Waals surface area contributed by atoms with Crippen molar-refractivity contribution in [3.8, 4) is 11.1 Å². The van der Waals surface area contributed by atoms with Gasteiger partial charge >= 0.3 is 0 Å². The number of carbonyl (C=O) groups is 1. The summed E-state index contributed by atoms with van der Waals surface area (Å²) in [5.41, 5.74) is 1.88. The van der Waals surface area contributed by atoms with Gasteiger partial charge in [0.25, 0.3) is 0 Å². The molecule has 0 atom stereocenters. The van der Waals surface area contributed by atoms with Gasteiger partial charge in [-0.15, -0.1) is 0 Å². The van der Waals surface area contributed by atoms with Gasteiger partial charge in [0.1, 0.15) is 5.82 Å². The van der Waals surface area contributed by atoms with E-state index in [0.29, 0.717) is 5.56 Å². The van der Waals surface area contributed by atoms with Gasteiger partial charge in [-0.05, 0) is 29.3 Å². The van der Waals surface area contributed by atoms with Crippen molar-refractivity contribution < 1.29 is 9.18 Å². The maximum Gasteiger partial charge on any atom is 0.168 e. The van der Waals surface area contributed by atoms with Crippen LogP contribution in [0.2, 0.25) is 0 Å². The predicted octanol–water partition coefficient (Wildman–Crippen LogP) is 4.72. The molecule has 2 aromatic carbocycles. The number of rotatable bonds is 2. The van der Waals surface area contributed by atoms with Crippen molar-refractivity contribution in [2.45, 2.75) is 20.8 Å². The SMILES string of the molecule is CC(C)(C)C(=O)c1cccc(-c2cccc(F)c2)c1. The standard InChI is InChI=1S/C17H17FO/c1-17(2,3)16(19)14-8-4-6-12(10-14)13-7-5-9-15(18)11-13/h4-11H,1-3H3. The number of hydrogen-bond donors (Lipinski definition) is 0. The van der Waals surface area contributed by atoms with Gasteiger partial charge in [0, 0.05) is 11.0 Å². The summed E-state index contributed by atoms with van der Waals surface area (Å²) in [6, 6.07) is 13.7. The lowest BCUT2D eigenvalue weighted by atomic mass is 9.85. The van der Waals surface area contributed by atoms with E-state index in [9.17, 15) is 9.18 Å². The highest BCUT2D eigenvalue weighted by molar-refractivity contribution is 6.00. The molecule has 2 rings (SSSR count). The van der Waals surface area contributed by atoms with Gasteiger partial charge in [-0.1, -0.05) is 51.1 Å². The van der Waals surface area contributed by atoms with E-state index >= 15 is 0 Å². The minimum absolute atomic E-state index is 0.0887. The summed E-state index contributed by atoms with van der Waals surface area (Å²) in [6.07, 6.45) is 0. The van der Waals surface area contributed by atoms with Gasteiger partial charge < -0.3 is 0 Å². The van der Waals surface area contributed by atoms with Crippen molar-refractivity contribution in [1.29, 1.82) is 0 Å². The molecule has 0 saturated heterocycles. The van der Waals surface area contributed by atoms with Crippen LogP contribution in [0.25, 0.3) is 11.1 Å². The molecule has 0 fully saturated rings. The largest absolute Gasteiger partial charge is 0.294 e. The Morgan fingerprint density at radius 3 is 2.11 bits per heavy atom. The monoisotopic (exact) mass is 256 g/mol. The van der Waals surface area contributed by atoms with Gasteiger partial charge in [-0.25, -0.2) is 4.39 Å². The van der Waals surface area contributed by atoms with Crippen molar-refractivity contribution in [3.63, 3.8) is 0 Å². The number of hydrogen-bond acceptors (Lipinski definition) is 1. The van der Waals surface area contributed by atoms with E-state index in [2.05, 4.69) is 0 Å². The van der Waals surface area contributed by atoms with Crippen molar-refractivity contribution in [1.82, 2.24) is 0 Å². The first-order valence-electron chi connectivity index (χ1n) is 6.29. The summed E-state index contributed by atoms with van der Waals surface area (Å²) >= 11 is 0. The molecule has 0 spiro atoms. The second kappa shape index (κ2) is 4.96. The summed E-state index contributed by atoms with van der Waals surface area (Å²) in [7, 11) is 0. The van der Waals surface area contributed by atoms with Crippen molar-refractivity contribution in [3.05, 3.63) is 59.9 Å². The highest BCUT2D eigenvalue weighted by Gasteiger charge is 2.22. The molecule has 0 heterocycles. The molecule has 2 heteroatoms. The Hall–Kier alpha value is -1.96. The third-order valence-corrected chi connectivity index (χ3v) is 2.96. The average Bonchev–Trinajstić information content (AvgIpc) is 2.37. The molecule has 0 amide bonds. The summed E-state index contributed by atoms with van der Waals surface area (Å²) < 4.78 is 13.2. The third-order valence-electron chi connectivity index (χ3n) is 2.96. The lowest BCUT2D eigenvalue weighted by molar-refractivity contribution is 0.0858. The number of Topliss-reactive ketones (excluding diaryl/α,β-unsaturated/α-hetero) is 1. The zero-order chi connectivity index (χ0) is 14.0. The topological polar surface area (TPSA) is 17.1 Å². The van der Waals surface area contributed by atoms with E-state index in [4.69, 9.17) is 0 Å². The number of benzene rings is 2. The Labute approximate surface area is 113 Å². The molecule has 0 aliphatic rings. The molecule has 19 heavy (non-hydrogen) atoms. The molecule has 0 bridgehead atoms. The minimum atomic E-state index is -0.416. The molecule has 2 aromatic rings. The first kappa shape index (κ1) is 13.5. The first-order valence-corrected chi connectivity index (χ1v) is 6.29. The molecule has 0 unspecified atom stereocenters. The zero-order valence-corrected chi connectivity index (χ0v) is 11.4. The van der Waals surface area contributed by atoms with Crippen molar-refractivity contribution >= 4 is 5.78 Å². The van der Waals surface area contributed by atoms with Crippen LogP contribution >= 0.6 is 0 Å². The fraction of sp³-hybridized carbons (Fsp3) is 0.235. The van der Waals surface area contributed by atoms with E-state index in [1.165, 1.54) is 12.1 Å². The van der Waals surface area contributed by atoms with Crippen LogP contribution in [-0.2, 0) is 0 Å². The van der Waals surface area contributed by atoms with Gasteiger partial charge in [0.05, 0.1) is 0 Å². The molecule has 0 aliphatic carbocycles. The molecule has 0 N–H and O–H groups in total. The number of ketones is 1. The number of carbonyl (C=O) groups excluding carboxylic acids is 1. The zero-order valence-electron chi connectivity index (χ0n) is 11.4. The Balaban J connectivity index is 2.43. The van der Waals surface area contributed by atoms with Crippen LogP contribution in [0.5, 0.6) is 0 Å². The lowest BCUT2D eigenvalue weighted by Gasteiger charge is -2.17. The van der Waals surface area contributed by atoms with Crippen LogP contribution in [0.1, 0.15) is 31.1 Å². The van der Waals surface area contributed by atoms with E-state index in [1.807, 2.05) is 45.0 Å². The van der Waals surface area contributed by atoms with Crippen LogP contribution in [-0.4, -0.2) is 5.78 Å². The molecule has 98 valence electrons. The molecular weight excluding hydrogens is 239 g/mol. The van der Waals surface area contributed by atoms with Gasteiger partial charge in [0.2, 0.25) is 0 Å². The Kier molecular flexibility index (Phi) is 3.52. The molecule has 0 aromatic heterocycles. The third kappa shape index (κ3) is 3.08. The van der Waals surface area contributed by atoms with Gasteiger partial charge in [0.15, 0.2) is 5.78 Å². The summed E-state index contributed by atoms with van der Waals surface area (Å²) in [5, 5.41) is 0. The van der Waals surface area contributed by atoms with E-state index in [-0.39, 0.29) is 11.6 Å². The lowest BCUT2D eigenvalue weighted by Crippen LogP contribution is -2.20. The maximum absolute atomic E-state index is 13.2. The molecule has 1 nitrogen and oxygen atoms in total. The Bertz CT molecular complexity index is 609. The second-order valence-electron chi connectivity index (χ2n) is 5.67. The van der Waals surface area contributed by atoms with Gasteiger partial charge in [-0.3, -0.25) is 4.79 Å². The Morgan fingerprint density at radius 1 is 0.947 bits per heavy atom. The van der Waals surface area contributed by atoms with Crippen LogP contribution in [0.3, 0.4) is 0 Å². The van der Waals surface area contributed by atoms with E-state index < -0.39 is 5.41 Å². The van der Waals surface area contributed by atoms with E-state index in [1.54, 1.807) is 12.1 Å². The van der Waals surface area contributed by atoms with Crippen molar-refractivity contribution in [2.75, 3.05) is 0 Å². The van der Waals surface area contributed by atoms with Crippen LogP contribution < -0.4 is 0 Å². The molecule has 0 radical (unpaired) electrons. The molecule has 0 aliphatic heterocycles. The smallest absolute Gasteiger partial charge is 0.168 e. The Morgan fingerprint density at radius 2 is 1.53 bits per heavy atom. The summed E-state index contributed by atoms with van der Waals surface area (Å²) in [4.78, 5) is 12.2. The fourth-order valence-electron chi connectivity index (χ4n) is 1.94. The van der Waals surface area contributed by atoms with Gasteiger partial charge in [-0.2, -0.15) is 0 Å². The second-order valence-corrected chi connectivity index (χ2v) is 5.67. The van der Waals surface area contributed by atoms with E-state index in [0.717, 1.165) is 11.1 Å². The number of halogens is 1. The minimum Gasteiger partial charge on any atom is -0.294 e. The summed E-state index contributed by atoms with van der Waals surface area (Å²) in [5.74, 6) is -0.184. The molecule has 0 saturated carbocycles. The van der Waals surface area contributed by atoms with Crippen LogP contribution in [0.15, 0.2) is 48.5 Å². The summed E-state index contributed by atoms with van der Waals surface area (Å²) in [6.45, 7) is 5.68. The maximum atomic E-state index is 13.2. The van der Waals surface area contributed by atoms with Crippen LogP contribution in [0, 0.1) is 11.2 Å². The normalized spacial score (nSPS) is 11.4. The highest BCUT2D eigenvalue weighted by Crippen LogP contribution is 2.25. The highest BCUT2D eigenvalue weighted by atomic mass is 19.1. The fourth-order valence-corrected chi connectivity index (χ4v) is 1.94.